The van der Waals surface area contributed by atoms with Crippen LogP contribution in [0.5, 0.6) is 5.88 Å². The second-order valence-corrected chi connectivity index (χ2v) is 3.55. The molecule has 0 aliphatic rings. The third-order valence-corrected chi connectivity index (χ3v) is 1.94. The largest absolute Gasteiger partial charge is 0.478 e. The summed E-state index contributed by atoms with van der Waals surface area (Å²) in [6.45, 7) is 6.37. The third kappa shape index (κ3) is 4.44. The summed E-state index contributed by atoms with van der Waals surface area (Å²) in [6.07, 6.45) is 0.978. The molecule has 1 rings (SSSR count). The van der Waals surface area contributed by atoms with Crippen molar-refractivity contribution in [2.45, 2.75) is 20.3 Å². The number of likely N-dealkylation sites (N-methyl/N-ethyl adjacent to an activating group) is 1. The molecule has 16 heavy (non-hydrogen) atoms. The molecule has 2 N–H and O–H groups in total. The number of anilines is 1. The number of nitrogens with zero attached hydrogens (tertiary/aromatic N) is 2. The fourth-order valence-electron chi connectivity index (χ4n) is 1.20. The van der Waals surface area contributed by atoms with E-state index in [4.69, 9.17) is 4.74 Å². The minimum atomic E-state index is 0.626. The van der Waals surface area contributed by atoms with Gasteiger partial charge in [-0.15, -0.1) is 0 Å². The quantitative estimate of drug-likeness (QED) is 0.682. The first-order valence-electron chi connectivity index (χ1n) is 5.63. The van der Waals surface area contributed by atoms with Crippen molar-refractivity contribution in [1.82, 2.24) is 15.3 Å². The standard InChI is InChI=1S/C11H20N4O/c1-4-7-16-10-8-9(2)14-11(15-10)13-6-5-12-3/h8,12H,4-7H2,1-3H3,(H,13,14,15). The van der Waals surface area contributed by atoms with E-state index in [9.17, 15) is 0 Å². The van der Waals surface area contributed by atoms with Crippen molar-refractivity contribution in [1.29, 1.82) is 0 Å². The average molecular weight is 224 g/mol. The minimum Gasteiger partial charge on any atom is -0.478 e. The minimum absolute atomic E-state index is 0.626. The maximum atomic E-state index is 5.48. The van der Waals surface area contributed by atoms with Gasteiger partial charge in [-0.1, -0.05) is 6.92 Å². The molecule has 0 amide bonds. The molecule has 0 spiro atoms. The molecule has 0 aromatic carbocycles. The van der Waals surface area contributed by atoms with Crippen LogP contribution in [0.1, 0.15) is 19.0 Å². The van der Waals surface area contributed by atoms with E-state index in [1.807, 2.05) is 20.0 Å². The van der Waals surface area contributed by atoms with E-state index in [1.54, 1.807) is 0 Å². The van der Waals surface area contributed by atoms with Gasteiger partial charge in [0.25, 0.3) is 0 Å². The van der Waals surface area contributed by atoms with Crippen LogP contribution in [-0.2, 0) is 0 Å². The molecule has 1 aromatic rings. The van der Waals surface area contributed by atoms with Gasteiger partial charge in [0.05, 0.1) is 6.61 Å². The van der Waals surface area contributed by atoms with Gasteiger partial charge in [-0.2, -0.15) is 4.98 Å². The average Bonchev–Trinajstić information content (AvgIpc) is 2.26. The normalized spacial score (nSPS) is 10.2. The Kier molecular flexibility index (Phi) is 5.56. The maximum absolute atomic E-state index is 5.48. The molecule has 90 valence electrons. The number of aromatic nitrogens is 2. The van der Waals surface area contributed by atoms with Crippen molar-refractivity contribution in [3.8, 4) is 5.88 Å². The summed E-state index contributed by atoms with van der Waals surface area (Å²) in [5.74, 6) is 1.27. The van der Waals surface area contributed by atoms with E-state index in [2.05, 4.69) is 27.5 Å². The molecule has 0 unspecified atom stereocenters. The number of aryl methyl sites for hydroxylation is 1. The van der Waals surface area contributed by atoms with Crippen molar-refractivity contribution in [3.05, 3.63) is 11.8 Å². The van der Waals surface area contributed by atoms with Crippen LogP contribution in [0.15, 0.2) is 6.07 Å². The van der Waals surface area contributed by atoms with Gasteiger partial charge in [0, 0.05) is 24.8 Å². The zero-order valence-electron chi connectivity index (χ0n) is 10.2. The van der Waals surface area contributed by atoms with E-state index in [-0.39, 0.29) is 0 Å². The lowest BCUT2D eigenvalue weighted by atomic mass is 10.4. The molecule has 0 bridgehead atoms. The SMILES string of the molecule is CCCOc1cc(C)nc(NCCNC)n1. The Morgan fingerprint density at radius 2 is 2.12 bits per heavy atom. The molecule has 1 aromatic heterocycles. The maximum Gasteiger partial charge on any atom is 0.226 e. The number of hydrogen-bond acceptors (Lipinski definition) is 5. The highest BCUT2D eigenvalue weighted by Crippen LogP contribution is 2.11. The molecule has 5 nitrogen and oxygen atoms in total. The zero-order valence-corrected chi connectivity index (χ0v) is 10.2. The highest BCUT2D eigenvalue weighted by molar-refractivity contribution is 5.30. The Bertz CT molecular complexity index is 317. The van der Waals surface area contributed by atoms with E-state index < -0.39 is 0 Å². The summed E-state index contributed by atoms with van der Waals surface area (Å²) in [5.41, 5.74) is 0.910. The van der Waals surface area contributed by atoms with Crippen LogP contribution >= 0.6 is 0 Å². The Morgan fingerprint density at radius 1 is 1.31 bits per heavy atom. The van der Waals surface area contributed by atoms with Crippen LogP contribution < -0.4 is 15.4 Å². The van der Waals surface area contributed by atoms with Crippen LogP contribution in [0.4, 0.5) is 5.95 Å². The van der Waals surface area contributed by atoms with Crippen molar-refractivity contribution in [2.75, 3.05) is 32.1 Å². The smallest absolute Gasteiger partial charge is 0.226 e. The molecule has 1 heterocycles. The fourth-order valence-corrected chi connectivity index (χ4v) is 1.20. The summed E-state index contributed by atoms with van der Waals surface area (Å²) in [6, 6.07) is 1.85. The van der Waals surface area contributed by atoms with Gasteiger partial charge in [0.1, 0.15) is 0 Å². The van der Waals surface area contributed by atoms with Gasteiger partial charge in [-0.3, -0.25) is 0 Å². The molecule has 0 saturated heterocycles. The Morgan fingerprint density at radius 3 is 2.81 bits per heavy atom. The summed E-state index contributed by atoms with van der Waals surface area (Å²) >= 11 is 0. The summed E-state index contributed by atoms with van der Waals surface area (Å²) < 4.78 is 5.48. The van der Waals surface area contributed by atoms with Gasteiger partial charge in [-0.25, -0.2) is 4.98 Å². The molecule has 0 aliphatic heterocycles. The number of ether oxygens (including phenoxy) is 1. The summed E-state index contributed by atoms with van der Waals surface area (Å²) in [5, 5.41) is 6.19. The van der Waals surface area contributed by atoms with Crippen molar-refractivity contribution >= 4 is 5.95 Å². The third-order valence-electron chi connectivity index (χ3n) is 1.94. The second kappa shape index (κ2) is 7.00. The number of hydrogen-bond donors (Lipinski definition) is 2. The highest BCUT2D eigenvalue weighted by Gasteiger charge is 2.02. The molecule has 5 heteroatoms. The van der Waals surface area contributed by atoms with Gasteiger partial charge in [0.15, 0.2) is 0 Å². The van der Waals surface area contributed by atoms with E-state index in [1.165, 1.54) is 0 Å². The highest BCUT2D eigenvalue weighted by atomic mass is 16.5. The molecule has 0 aliphatic carbocycles. The lowest BCUT2D eigenvalue weighted by Gasteiger charge is -2.08. The predicted molar refractivity (Wildman–Crippen MR) is 65.0 cm³/mol. The van der Waals surface area contributed by atoms with E-state index in [0.717, 1.165) is 25.2 Å². The van der Waals surface area contributed by atoms with E-state index in [0.29, 0.717) is 18.4 Å². The van der Waals surface area contributed by atoms with Crippen LogP contribution in [0.2, 0.25) is 0 Å². The molecule has 0 radical (unpaired) electrons. The van der Waals surface area contributed by atoms with Crippen LogP contribution in [-0.4, -0.2) is 36.7 Å². The monoisotopic (exact) mass is 224 g/mol. The van der Waals surface area contributed by atoms with Crippen LogP contribution in [0, 0.1) is 6.92 Å². The van der Waals surface area contributed by atoms with E-state index >= 15 is 0 Å². The van der Waals surface area contributed by atoms with Crippen molar-refractivity contribution in [2.24, 2.45) is 0 Å². The molecular weight excluding hydrogens is 204 g/mol. The number of nitrogens with one attached hydrogen (secondary N) is 2. The van der Waals surface area contributed by atoms with Crippen molar-refractivity contribution < 1.29 is 4.74 Å². The lowest BCUT2D eigenvalue weighted by Crippen LogP contribution is -2.19. The zero-order chi connectivity index (χ0) is 11.8. The summed E-state index contributed by atoms with van der Waals surface area (Å²) in [4.78, 5) is 8.55. The lowest BCUT2D eigenvalue weighted by molar-refractivity contribution is 0.305. The van der Waals surface area contributed by atoms with Gasteiger partial charge < -0.3 is 15.4 Å². The Balaban J connectivity index is 2.58. The Labute approximate surface area is 96.6 Å². The summed E-state index contributed by atoms with van der Waals surface area (Å²) in [7, 11) is 1.91. The number of rotatable bonds is 7. The van der Waals surface area contributed by atoms with Gasteiger partial charge in [0.2, 0.25) is 11.8 Å². The van der Waals surface area contributed by atoms with Crippen LogP contribution in [0.25, 0.3) is 0 Å². The first-order chi connectivity index (χ1) is 7.76. The fraction of sp³-hybridized carbons (Fsp3) is 0.636. The second-order valence-electron chi connectivity index (χ2n) is 3.55. The topological polar surface area (TPSA) is 59.1 Å². The molecule has 0 fully saturated rings. The molecule has 0 saturated carbocycles. The van der Waals surface area contributed by atoms with Crippen LogP contribution in [0.3, 0.4) is 0 Å². The first kappa shape index (κ1) is 12.7. The van der Waals surface area contributed by atoms with Gasteiger partial charge >= 0.3 is 0 Å². The predicted octanol–water partition coefficient (Wildman–Crippen LogP) is 1.21. The Hall–Kier alpha value is -1.36. The molecule has 0 atom stereocenters. The molecular formula is C11H20N4O. The first-order valence-corrected chi connectivity index (χ1v) is 5.63. The van der Waals surface area contributed by atoms with Gasteiger partial charge in [-0.05, 0) is 20.4 Å². The van der Waals surface area contributed by atoms with Crippen molar-refractivity contribution in [3.63, 3.8) is 0 Å².